The highest BCUT2D eigenvalue weighted by atomic mass is 79.9. The third-order valence-corrected chi connectivity index (χ3v) is 2.78. The molecule has 11 heavy (non-hydrogen) atoms. The quantitative estimate of drug-likeness (QED) is 0.514. The Morgan fingerprint density at radius 2 is 1.64 bits per heavy atom. The molecule has 0 bridgehead atoms. The van der Waals surface area contributed by atoms with Crippen LogP contribution in [0.25, 0.3) is 0 Å². The van der Waals surface area contributed by atoms with Crippen molar-refractivity contribution >= 4 is 37.8 Å². The van der Waals surface area contributed by atoms with E-state index in [0.29, 0.717) is 0 Å². The van der Waals surface area contributed by atoms with E-state index in [1.807, 2.05) is 0 Å². The fourth-order valence-electron chi connectivity index (χ4n) is 0.531. The molecule has 0 saturated carbocycles. The molecule has 0 aromatic carbocycles. The fraction of sp³-hybridized carbons (Fsp3) is 0.333. The van der Waals surface area contributed by atoms with Gasteiger partial charge in [-0.15, -0.1) is 8.80 Å². The summed E-state index contributed by atoms with van der Waals surface area (Å²) in [6, 6.07) is 0. The fourth-order valence-corrected chi connectivity index (χ4v) is 1.79. The van der Waals surface area contributed by atoms with Gasteiger partial charge in [0.2, 0.25) is 0 Å². The Balaban J connectivity index is 3.19. The number of alkyl halides is 1. The summed E-state index contributed by atoms with van der Waals surface area (Å²) < 4.78 is 27.5. The summed E-state index contributed by atoms with van der Waals surface area (Å²) >= 11 is 2.99. The van der Waals surface area contributed by atoms with Crippen LogP contribution in [0.5, 0.6) is 0 Å². The maximum absolute atomic E-state index is 10.7. The van der Waals surface area contributed by atoms with E-state index in [2.05, 4.69) is 24.7 Å². The molecule has 0 aromatic rings. The first kappa shape index (κ1) is 8.47. The average molecular weight is 241 g/mol. The molecule has 62 valence electrons. The highest BCUT2D eigenvalue weighted by Crippen LogP contribution is 2.09. The second-order valence-corrected chi connectivity index (χ2v) is 4.02. The van der Waals surface area contributed by atoms with Crippen molar-refractivity contribution in [3.63, 3.8) is 0 Å². The van der Waals surface area contributed by atoms with Crippen molar-refractivity contribution in [1.82, 2.24) is 0 Å². The molecule has 0 radical (unpaired) electrons. The monoisotopic (exact) mass is 240 g/mol. The van der Waals surface area contributed by atoms with Crippen LogP contribution in [0.4, 0.5) is 0 Å². The zero-order valence-corrected chi connectivity index (χ0v) is 7.63. The van der Waals surface area contributed by atoms with Crippen LogP contribution in [0.2, 0.25) is 0 Å². The van der Waals surface area contributed by atoms with Crippen molar-refractivity contribution in [2.75, 3.05) is 0 Å². The second kappa shape index (κ2) is 2.45. The molecule has 1 aliphatic heterocycles. The molecule has 8 heteroatoms. The van der Waals surface area contributed by atoms with Gasteiger partial charge in [0.05, 0.1) is 0 Å². The van der Waals surface area contributed by atoms with Gasteiger partial charge in [-0.25, -0.2) is 0 Å². The van der Waals surface area contributed by atoms with Gasteiger partial charge in [0.1, 0.15) is 16.5 Å². The van der Waals surface area contributed by atoms with Crippen molar-refractivity contribution in [2.24, 2.45) is 20.3 Å². The standard InChI is InChI=1S/C3H5BrN4O2S/c4-1-2(5)7-11(9,10)8-3(1)6/h1H,(H2,5,7)(H2,6,8). The first-order chi connectivity index (χ1) is 4.92. The highest BCUT2D eigenvalue weighted by molar-refractivity contribution is 9.10. The molecule has 1 heterocycles. The number of amidine groups is 2. The van der Waals surface area contributed by atoms with E-state index < -0.39 is 15.0 Å². The molecule has 0 spiro atoms. The largest absolute Gasteiger partial charge is 0.385 e. The van der Waals surface area contributed by atoms with E-state index in [1.165, 1.54) is 0 Å². The number of nitrogens with two attached hydrogens (primary N) is 2. The SMILES string of the molecule is NC1=NS(=O)(=O)N=C(N)C1Br. The molecule has 0 atom stereocenters. The molecule has 1 rings (SSSR count). The van der Waals surface area contributed by atoms with E-state index in [1.54, 1.807) is 0 Å². The van der Waals surface area contributed by atoms with E-state index in [4.69, 9.17) is 11.5 Å². The van der Waals surface area contributed by atoms with Crippen LogP contribution in [-0.2, 0) is 10.2 Å². The van der Waals surface area contributed by atoms with Gasteiger partial charge in [-0.3, -0.25) is 0 Å². The van der Waals surface area contributed by atoms with Gasteiger partial charge in [-0.2, -0.15) is 8.42 Å². The van der Waals surface area contributed by atoms with Crippen LogP contribution in [0.15, 0.2) is 8.80 Å². The molecule has 0 saturated heterocycles. The van der Waals surface area contributed by atoms with Crippen LogP contribution in [0.3, 0.4) is 0 Å². The van der Waals surface area contributed by atoms with Crippen molar-refractivity contribution in [3.8, 4) is 0 Å². The predicted octanol–water partition coefficient (Wildman–Crippen LogP) is -1.28. The smallest absolute Gasteiger partial charge is 0.366 e. The summed E-state index contributed by atoms with van der Waals surface area (Å²) in [6.45, 7) is 0. The van der Waals surface area contributed by atoms with Gasteiger partial charge >= 0.3 is 10.2 Å². The lowest BCUT2D eigenvalue weighted by molar-refractivity contribution is 0.599. The molecule has 6 nitrogen and oxygen atoms in total. The average Bonchev–Trinajstić information content (AvgIpc) is 1.81. The first-order valence-corrected chi connectivity index (χ1v) is 4.83. The molecule has 0 amide bonds. The summed E-state index contributed by atoms with van der Waals surface area (Å²) in [5.74, 6) is -0.199. The van der Waals surface area contributed by atoms with Gasteiger partial charge in [0.15, 0.2) is 0 Å². The van der Waals surface area contributed by atoms with Gasteiger partial charge < -0.3 is 11.5 Å². The molecule has 1 aliphatic rings. The normalized spacial score (nSPS) is 24.1. The van der Waals surface area contributed by atoms with E-state index >= 15 is 0 Å². The van der Waals surface area contributed by atoms with Gasteiger partial charge in [-0.05, 0) is 0 Å². The summed E-state index contributed by atoms with van der Waals surface area (Å²) in [6.07, 6.45) is 0. The Hall–Kier alpha value is -0.630. The lowest BCUT2D eigenvalue weighted by Crippen LogP contribution is -2.39. The molecule has 0 aromatic heterocycles. The van der Waals surface area contributed by atoms with Crippen LogP contribution in [-0.4, -0.2) is 24.9 Å². The molecule has 0 aliphatic carbocycles. The summed E-state index contributed by atoms with van der Waals surface area (Å²) in [5, 5.41) is 0. The number of hydrogen-bond donors (Lipinski definition) is 2. The van der Waals surface area contributed by atoms with Crippen LogP contribution >= 0.6 is 15.9 Å². The third kappa shape index (κ3) is 1.69. The second-order valence-electron chi connectivity index (χ2n) is 1.84. The van der Waals surface area contributed by atoms with E-state index in [-0.39, 0.29) is 11.7 Å². The number of hydrogen-bond acceptors (Lipinski definition) is 4. The minimum absolute atomic E-state index is 0.0995. The Labute approximate surface area is 71.7 Å². The maximum Gasteiger partial charge on any atom is 0.366 e. The Bertz CT molecular complexity index is 305. The Morgan fingerprint density at radius 3 is 2.00 bits per heavy atom. The summed E-state index contributed by atoms with van der Waals surface area (Å²) in [5.41, 5.74) is 10.4. The van der Waals surface area contributed by atoms with Crippen molar-refractivity contribution < 1.29 is 8.42 Å². The van der Waals surface area contributed by atoms with Gasteiger partial charge in [0, 0.05) is 0 Å². The zero-order valence-electron chi connectivity index (χ0n) is 5.23. The summed E-state index contributed by atoms with van der Waals surface area (Å²) in [4.78, 5) is -0.578. The molecule has 0 unspecified atom stereocenters. The van der Waals surface area contributed by atoms with Crippen LogP contribution < -0.4 is 11.5 Å². The molecular weight excluding hydrogens is 236 g/mol. The lowest BCUT2D eigenvalue weighted by Gasteiger charge is -2.11. The van der Waals surface area contributed by atoms with Crippen LogP contribution in [0.1, 0.15) is 0 Å². The first-order valence-electron chi connectivity index (χ1n) is 2.52. The minimum atomic E-state index is -3.82. The molecule has 4 N–H and O–H groups in total. The van der Waals surface area contributed by atoms with E-state index in [0.717, 1.165) is 0 Å². The van der Waals surface area contributed by atoms with Crippen LogP contribution in [0, 0.1) is 0 Å². The van der Waals surface area contributed by atoms with Crippen molar-refractivity contribution in [3.05, 3.63) is 0 Å². The predicted molar refractivity (Wildman–Crippen MR) is 44.9 cm³/mol. The highest BCUT2D eigenvalue weighted by Gasteiger charge is 2.24. The number of rotatable bonds is 0. The zero-order chi connectivity index (χ0) is 8.65. The number of halogens is 1. The van der Waals surface area contributed by atoms with Crippen molar-refractivity contribution in [1.29, 1.82) is 0 Å². The molecule has 0 fully saturated rings. The Kier molecular flexibility index (Phi) is 1.89. The van der Waals surface area contributed by atoms with Crippen molar-refractivity contribution in [2.45, 2.75) is 4.83 Å². The maximum atomic E-state index is 10.7. The Morgan fingerprint density at radius 1 is 1.27 bits per heavy atom. The lowest BCUT2D eigenvalue weighted by atomic mass is 10.4. The van der Waals surface area contributed by atoms with Gasteiger partial charge in [0.25, 0.3) is 0 Å². The van der Waals surface area contributed by atoms with E-state index in [9.17, 15) is 8.42 Å². The minimum Gasteiger partial charge on any atom is -0.385 e. The topological polar surface area (TPSA) is 111 Å². The third-order valence-electron chi connectivity index (χ3n) is 0.961. The van der Waals surface area contributed by atoms with Gasteiger partial charge in [-0.1, -0.05) is 15.9 Å². The summed E-state index contributed by atoms with van der Waals surface area (Å²) in [7, 11) is -3.82. The molecular formula is C3H5BrN4O2S. The number of nitrogens with zero attached hydrogens (tertiary/aromatic N) is 2.